The maximum Gasteiger partial charge on any atom is 0.164 e. The molecule has 6 heteroatoms. The molecule has 1 aliphatic rings. The summed E-state index contributed by atoms with van der Waals surface area (Å²) >= 11 is 0. The average molecular weight is 773 g/mol. The topological polar surface area (TPSA) is 75.1 Å². The molecular formula is C54H40N6. The van der Waals surface area contributed by atoms with Crippen molar-refractivity contribution in [2.24, 2.45) is 4.99 Å². The Bertz CT molecular complexity index is 2860. The van der Waals surface area contributed by atoms with E-state index in [2.05, 4.69) is 162 Å². The molecule has 6 nitrogen and oxygen atoms in total. The van der Waals surface area contributed by atoms with E-state index in [1.54, 1.807) is 0 Å². The van der Waals surface area contributed by atoms with Crippen molar-refractivity contribution in [1.82, 2.24) is 25.6 Å². The van der Waals surface area contributed by atoms with Gasteiger partial charge in [0.15, 0.2) is 17.5 Å². The largest absolute Gasteiger partial charge is 0.350 e. The smallest absolute Gasteiger partial charge is 0.164 e. The molecule has 0 bridgehead atoms. The standard InChI is InChI=1S/C54H40N6/c1-5-17-37(18-6-1)38-31-33-39(34-32-38)47-29-13-14-30-48(47)54-59-51(42-23-11-4-12-24-42)58-53(60-54)46-28-16-26-44(36-46)43-25-15-27-45(35-43)52-56-49(40-19-7-2-8-20-40)55-50(57-52)41-21-9-3-10-22-41/h1-36,53-54,60H,(H,58,59). The molecule has 286 valence electrons. The van der Waals surface area contributed by atoms with Crippen molar-refractivity contribution in [2.75, 3.05) is 0 Å². The summed E-state index contributed by atoms with van der Waals surface area (Å²) < 4.78 is 0. The minimum Gasteiger partial charge on any atom is -0.350 e. The van der Waals surface area contributed by atoms with Gasteiger partial charge in [0.05, 0.1) is 0 Å². The first-order valence-electron chi connectivity index (χ1n) is 20.2. The van der Waals surface area contributed by atoms with Crippen LogP contribution in [0.3, 0.4) is 0 Å². The summed E-state index contributed by atoms with van der Waals surface area (Å²) in [4.78, 5) is 20.2. The van der Waals surface area contributed by atoms with Gasteiger partial charge in [0, 0.05) is 22.3 Å². The van der Waals surface area contributed by atoms with E-state index in [1.807, 2.05) is 66.7 Å². The van der Waals surface area contributed by atoms with Crippen LogP contribution in [0.4, 0.5) is 0 Å². The van der Waals surface area contributed by atoms with Crippen LogP contribution in [0.5, 0.6) is 0 Å². The fourth-order valence-corrected chi connectivity index (χ4v) is 7.78. The minimum absolute atomic E-state index is 0.221. The van der Waals surface area contributed by atoms with E-state index in [0.29, 0.717) is 17.5 Å². The zero-order chi connectivity index (χ0) is 40.1. The van der Waals surface area contributed by atoms with Crippen molar-refractivity contribution >= 4 is 5.84 Å². The van der Waals surface area contributed by atoms with Gasteiger partial charge in [0.25, 0.3) is 0 Å². The third kappa shape index (κ3) is 7.75. The highest BCUT2D eigenvalue weighted by Gasteiger charge is 2.27. The summed E-state index contributed by atoms with van der Waals surface area (Å²) in [5.74, 6) is 2.73. The second-order valence-electron chi connectivity index (χ2n) is 14.8. The lowest BCUT2D eigenvalue weighted by atomic mass is 9.94. The van der Waals surface area contributed by atoms with Crippen molar-refractivity contribution in [2.45, 2.75) is 12.3 Å². The number of amidine groups is 1. The summed E-state index contributed by atoms with van der Waals surface area (Å²) in [6.07, 6.45) is -0.547. The van der Waals surface area contributed by atoms with Crippen molar-refractivity contribution in [3.8, 4) is 67.5 Å². The maximum atomic E-state index is 5.29. The first kappa shape index (κ1) is 36.5. The minimum atomic E-state index is -0.325. The summed E-state index contributed by atoms with van der Waals surface area (Å²) in [5, 5.41) is 7.62. The van der Waals surface area contributed by atoms with Gasteiger partial charge in [-0.3, -0.25) is 5.32 Å². The molecule has 8 aromatic carbocycles. The first-order valence-corrected chi connectivity index (χ1v) is 20.2. The van der Waals surface area contributed by atoms with Gasteiger partial charge >= 0.3 is 0 Å². The van der Waals surface area contributed by atoms with Gasteiger partial charge in [-0.2, -0.15) is 0 Å². The summed E-state index contributed by atoms with van der Waals surface area (Å²) in [5.41, 5.74) is 12.8. The number of benzene rings is 8. The number of nitrogens with zero attached hydrogens (tertiary/aromatic N) is 4. The maximum absolute atomic E-state index is 5.29. The van der Waals surface area contributed by atoms with E-state index in [1.165, 1.54) is 11.1 Å². The van der Waals surface area contributed by atoms with Crippen LogP contribution in [-0.2, 0) is 0 Å². The Kier molecular flexibility index (Phi) is 10.1. The molecule has 60 heavy (non-hydrogen) atoms. The fraction of sp³-hybridized carbons (Fsp3) is 0.0370. The average Bonchev–Trinajstić information content (AvgIpc) is 3.35. The number of hydrogen-bond donors (Lipinski definition) is 2. The lowest BCUT2D eigenvalue weighted by Crippen LogP contribution is -2.45. The number of aliphatic imine (C=N–C) groups is 1. The molecule has 2 atom stereocenters. The van der Waals surface area contributed by atoms with E-state index in [9.17, 15) is 0 Å². The highest BCUT2D eigenvalue weighted by Crippen LogP contribution is 2.35. The van der Waals surface area contributed by atoms with Crippen LogP contribution in [0.1, 0.15) is 29.0 Å². The van der Waals surface area contributed by atoms with E-state index < -0.39 is 0 Å². The van der Waals surface area contributed by atoms with Gasteiger partial charge in [0.1, 0.15) is 18.2 Å². The number of aromatic nitrogens is 3. The van der Waals surface area contributed by atoms with Crippen LogP contribution >= 0.6 is 0 Å². The van der Waals surface area contributed by atoms with Gasteiger partial charge in [-0.1, -0.05) is 206 Å². The van der Waals surface area contributed by atoms with Crippen molar-refractivity contribution < 1.29 is 0 Å². The van der Waals surface area contributed by atoms with Crippen LogP contribution in [0.15, 0.2) is 223 Å². The molecule has 0 amide bonds. The third-order valence-electron chi connectivity index (χ3n) is 10.8. The Morgan fingerprint density at radius 3 is 1.42 bits per heavy atom. The third-order valence-corrected chi connectivity index (χ3v) is 10.8. The molecule has 2 N–H and O–H groups in total. The summed E-state index contributed by atoms with van der Waals surface area (Å²) in [7, 11) is 0. The van der Waals surface area contributed by atoms with Crippen LogP contribution in [0.2, 0.25) is 0 Å². The zero-order valence-corrected chi connectivity index (χ0v) is 32.7. The number of nitrogens with one attached hydrogen (secondary N) is 2. The Morgan fingerprint density at radius 1 is 0.333 bits per heavy atom. The van der Waals surface area contributed by atoms with Crippen molar-refractivity contribution in [3.63, 3.8) is 0 Å². The molecule has 9 aromatic rings. The fourth-order valence-electron chi connectivity index (χ4n) is 7.78. The molecule has 0 aliphatic carbocycles. The van der Waals surface area contributed by atoms with E-state index in [4.69, 9.17) is 19.9 Å². The molecule has 0 saturated carbocycles. The van der Waals surface area contributed by atoms with Crippen LogP contribution in [0, 0.1) is 0 Å². The predicted molar refractivity (Wildman–Crippen MR) is 244 cm³/mol. The molecule has 0 fully saturated rings. The predicted octanol–water partition coefficient (Wildman–Crippen LogP) is 12.2. The molecule has 0 radical (unpaired) electrons. The molecule has 1 aromatic heterocycles. The highest BCUT2D eigenvalue weighted by molar-refractivity contribution is 5.99. The summed E-state index contributed by atoms with van der Waals surface area (Å²) in [6, 6.07) is 75.5. The SMILES string of the molecule is c1ccc(C2=NC(c3cccc(-c4cccc(-c5nc(-c6ccccc6)nc(-c6ccccc6)n5)c4)c3)NC(c3ccccc3-c3ccc(-c4ccccc4)cc3)N2)cc1. The molecule has 1 aliphatic heterocycles. The van der Waals surface area contributed by atoms with Crippen LogP contribution < -0.4 is 10.6 Å². The molecule has 0 saturated heterocycles. The second kappa shape index (κ2) is 16.6. The molecule has 2 heterocycles. The second-order valence-corrected chi connectivity index (χ2v) is 14.8. The van der Waals surface area contributed by atoms with Crippen LogP contribution in [0.25, 0.3) is 67.5 Å². The Labute approximate surface area is 350 Å². The monoisotopic (exact) mass is 772 g/mol. The van der Waals surface area contributed by atoms with E-state index in [-0.39, 0.29) is 12.3 Å². The highest BCUT2D eigenvalue weighted by atomic mass is 15.3. The van der Waals surface area contributed by atoms with Crippen LogP contribution in [-0.4, -0.2) is 20.8 Å². The lowest BCUT2D eigenvalue weighted by Gasteiger charge is -2.33. The first-order chi connectivity index (χ1) is 29.7. The number of rotatable bonds is 9. The zero-order valence-electron chi connectivity index (χ0n) is 32.7. The molecule has 2 unspecified atom stereocenters. The van der Waals surface area contributed by atoms with Gasteiger partial charge in [-0.25, -0.2) is 19.9 Å². The van der Waals surface area contributed by atoms with E-state index in [0.717, 1.165) is 61.5 Å². The van der Waals surface area contributed by atoms with Crippen molar-refractivity contribution in [1.29, 1.82) is 0 Å². The normalized spacial score (nSPS) is 14.8. The van der Waals surface area contributed by atoms with Gasteiger partial charge in [-0.15, -0.1) is 0 Å². The Morgan fingerprint density at radius 2 is 0.783 bits per heavy atom. The van der Waals surface area contributed by atoms with Crippen molar-refractivity contribution in [3.05, 3.63) is 235 Å². The van der Waals surface area contributed by atoms with Gasteiger partial charge in [-0.05, 0) is 56.6 Å². The van der Waals surface area contributed by atoms with Gasteiger partial charge in [0.2, 0.25) is 0 Å². The molecule has 0 spiro atoms. The summed E-state index contributed by atoms with van der Waals surface area (Å²) in [6.45, 7) is 0. The Balaban J connectivity index is 0.996. The lowest BCUT2D eigenvalue weighted by molar-refractivity contribution is 0.409. The van der Waals surface area contributed by atoms with Gasteiger partial charge < -0.3 is 5.32 Å². The van der Waals surface area contributed by atoms with E-state index >= 15 is 0 Å². The molecular weight excluding hydrogens is 733 g/mol. The quantitative estimate of drug-likeness (QED) is 0.153. The molecule has 10 rings (SSSR count). The number of hydrogen-bond acceptors (Lipinski definition) is 6. The Hall–Kier alpha value is -7.80.